The molecule has 0 atom stereocenters. The number of likely N-dealkylation sites (tertiary alicyclic amines) is 2. The highest BCUT2D eigenvalue weighted by molar-refractivity contribution is 6.31. The van der Waals surface area contributed by atoms with Crippen LogP contribution in [0.5, 0.6) is 0 Å². The Balaban J connectivity index is 1.10. The summed E-state index contributed by atoms with van der Waals surface area (Å²) in [6, 6.07) is 8.25. The molecule has 202 valence electrons. The Labute approximate surface area is 228 Å². The number of aromatic amines is 1. The number of piperidine rings is 1. The number of pyridine rings is 1. The van der Waals surface area contributed by atoms with Crippen LogP contribution >= 0.6 is 11.6 Å². The molecule has 11 heteroatoms. The van der Waals surface area contributed by atoms with Gasteiger partial charge in [0.1, 0.15) is 5.54 Å². The number of H-pyrrole nitrogens is 1. The quantitative estimate of drug-likeness (QED) is 0.332. The molecule has 5 heterocycles. The molecule has 1 aromatic carbocycles. The molecule has 0 radical (unpaired) electrons. The van der Waals surface area contributed by atoms with Crippen molar-refractivity contribution in [1.82, 2.24) is 29.5 Å². The van der Waals surface area contributed by atoms with Crippen LogP contribution in [0.2, 0.25) is 5.02 Å². The zero-order valence-electron chi connectivity index (χ0n) is 21.1. The predicted molar refractivity (Wildman–Crippen MR) is 142 cm³/mol. The maximum atomic E-state index is 13.1. The number of hydrogen-bond acceptors (Lipinski definition) is 5. The van der Waals surface area contributed by atoms with E-state index in [9.17, 15) is 18.4 Å². The fourth-order valence-electron chi connectivity index (χ4n) is 5.94. The molecule has 2 aliphatic heterocycles. The fraction of sp³-hybridized carbons (Fsp3) is 0.393. The second kappa shape index (κ2) is 9.97. The highest BCUT2D eigenvalue weighted by atomic mass is 35.5. The Morgan fingerprint density at radius 1 is 1.13 bits per heavy atom. The van der Waals surface area contributed by atoms with E-state index in [1.807, 2.05) is 35.5 Å². The molecule has 2 saturated heterocycles. The van der Waals surface area contributed by atoms with Crippen molar-refractivity contribution in [2.75, 3.05) is 26.2 Å². The Bertz CT molecular complexity index is 1520. The van der Waals surface area contributed by atoms with Gasteiger partial charge in [-0.15, -0.1) is 0 Å². The second-order valence-electron chi connectivity index (χ2n) is 10.6. The van der Waals surface area contributed by atoms with Gasteiger partial charge in [0.15, 0.2) is 0 Å². The molecule has 0 bridgehead atoms. The molecule has 2 fully saturated rings. The van der Waals surface area contributed by atoms with E-state index in [-0.39, 0.29) is 5.54 Å². The van der Waals surface area contributed by atoms with Gasteiger partial charge in [-0.05, 0) is 55.8 Å². The summed E-state index contributed by atoms with van der Waals surface area (Å²) in [7, 11) is 0. The van der Waals surface area contributed by atoms with Crippen LogP contribution in [0.4, 0.5) is 13.2 Å². The van der Waals surface area contributed by atoms with Gasteiger partial charge in [-0.25, -0.2) is 0 Å². The number of halogens is 4. The van der Waals surface area contributed by atoms with E-state index in [1.54, 1.807) is 6.20 Å². The minimum Gasteiger partial charge on any atom is -0.360 e. The smallest absolute Gasteiger partial charge is 0.360 e. The van der Waals surface area contributed by atoms with Crippen LogP contribution in [0.1, 0.15) is 30.4 Å². The number of aromatic nitrogens is 4. The fourth-order valence-corrected chi connectivity index (χ4v) is 6.12. The molecular weight excluding hydrogens is 527 g/mol. The molecular formula is C28H27ClF3N7. The lowest BCUT2D eigenvalue weighted by atomic mass is 9.83. The molecule has 0 aliphatic carbocycles. The van der Waals surface area contributed by atoms with Gasteiger partial charge in [0.25, 0.3) is 0 Å². The number of rotatable bonds is 6. The van der Waals surface area contributed by atoms with Crippen molar-refractivity contribution >= 4 is 22.5 Å². The first-order valence-corrected chi connectivity index (χ1v) is 13.3. The van der Waals surface area contributed by atoms with E-state index in [0.29, 0.717) is 29.6 Å². The summed E-state index contributed by atoms with van der Waals surface area (Å²) in [6.07, 6.45) is 7.16. The standard InChI is InChI=1S/C28H27ClF3N7/c29-25-2-1-21(28(30,31)32)11-19(25)15-37-9-4-22(5-10-37)38-17-27(18-38,6-7-33)39-16-20(12-36-39)24-13-34-14-26-23(24)3-8-35-26/h1-3,8,11-14,16,22,35H,4-6,9-10,15,17-18H2. The molecule has 39 heavy (non-hydrogen) atoms. The minimum atomic E-state index is -4.39. The van der Waals surface area contributed by atoms with Crippen LogP contribution in [-0.2, 0) is 18.3 Å². The molecule has 4 aromatic rings. The average Bonchev–Trinajstić information content (AvgIpc) is 3.57. The highest BCUT2D eigenvalue weighted by Gasteiger charge is 2.48. The first-order chi connectivity index (χ1) is 18.8. The van der Waals surface area contributed by atoms with Crippen LogP contribution in [0, 0.1) is 11.3 Å². The number of nitrogens with one attached hydrogen (secondary N) is 1. The third-order valence-electron chi connectivity index (χ3n) is 8.10. The van der Waals surface area contributed by atoms with Gasteiger partial charge in [0.05, 0.1) is 36.0 Å². The summed E-state index contributed by atoms with van der Waals surface area (Å²) in [5.41, 5.74) is 2.37. The number of alkyl halides is 3. The Morgan fingerprint density at radius 2 is 1.92 bits per heavy atom. The van der Waals surface area contributed by atoms with Gasteiger partial charge in [-0.3, -0.25) is 19.5 Å². The lowest BCUT2D eigenvalue weighted by Crippen LogP contribution is -2.66. The molecule has 0 spiro atoms. The van der Waals surface area contributed by atoms with Crippen molar-refractivity contribution in [3.8, 4) is 17.2 Å². The van der Waals surface area contributed by atoms with E-state index in [2.05, 4.69) is 30.9 Å². The first-order valence-electron chi connectivity index (χ1n) is 12.9. The number of fused-ring (bicyclic) bond motifs is 1. The van der Waals surface area contributed by atoms with E-state index < -0.39 is 11.7 Å². The van der Waals surface area contributed by atoms with Crippen LogP contribution in [0.15, 0.2) is 55.2 Å². The van der Waals surface area contributed by atoms with Gasteiger partial charge < -0.3 is 4.98 Å². The Hall–Kier alpha value is -3.39. The van der Waals surface area contributed by atoms with Crippen molar-refractivity contribution < 1.29 is 13.2 Å². The van der Waals surface area contributed by atoms with Crippen molar-refractivity contribution in [2.45, 2.75) is 43.6 Å². The SMILES string of the molecule is N#CCC1(n2cc(-c3cncc4[nH]ccc34)cn2)CN(C2CCN(Cc3cc(C(F)(F)F)ccc3Cl)CC2)C1. The predicted octanol–water partition coefficient (Wildman–Crippen LogP) is 5.69. The van der Waals surface area contributed by atoms with Crippen molar-refractivity contribution in [2.24, 2.45) is 0 Å². The zero-order chi connectivity index (χ0) is 27.2. The number of hydrogen-bond donors (Lipinski definition) is 1. The summed E-state index contributed by atoms with van der Waals surface area (Å²) in [4.78, 5) is 12.1. The Morgan fingerprint density at radius 3 is 2.67 bits per heavy atom. The first kappa shape index (κ1) is 25.9. The van der Waals surface area contributed by atoms with E-state index in [1.165, 1.54) is 6.07 Å². The second-order valence-corrected chi connectivity index (χ2v) is 11.0. The van der Waals surface area contributed by atoms with E-state index in [0.717, 1.165) is 73.2 Å². The highest BCUT2D eigenvalue weighted by Crippen LogP contribution is 2.38. The van der Waals surface area contributed by atoms with Gasteiger partial charge in [0, 0.05) is 65.8 Å². The summed E-state index contributed by atoms with van der Waals surface area (Å²) in [5.74, 6) is 0. The largest absolute Gasteiger partial charge is 0.416 e. The number of benzene rings is 1. The summed E-state index contributed by atoms with van der Waals surface area (Å²) in [5, 5.41) is 15.7. The lowest BCUT2D eigenvalue weighted by molar-refractivity contribution is -0.137. The third kappa shape index (κ3) is 4.91. The molecule has 0 saturated carbocycles. The average molecular weight is 554 g/mol. The van der Waals surface area contributed by atoms with Crippen molar-refractivity contribution in [3.05, 3.63) is 71.4 Å². The van der Waals surface area contributed by atoms with E-state index >= 15 is 0 Å². The van der Waals surface area contributed by atoms with Gasteiger partial charge in [-0.2, -0.15) is 23.5 Å². The molecule has 7 nitrogen and oxygen atoms in total. The normalized spacial score (nSPS) is 18.7. The monoisotopic (exact) mass is 553 g/mol. The molecule has 0 amide bonds. The van der Waals surface area contributed by atoms with Gasteiger partial charge in [0.2, 0.25) is 0 Å². The number of nitriles is 1. The van der Waals surface area contributed by atoms with Crippen molar-refractivity contribution in [1.29, 1.82) is 5.26 Å². The molecule has 0 unspecified atom stereocenters. The third-order valence-corrected chi connectivity index (χ3v) is 8.47. The number of nitrogens with zero attached hydrogens (tertiary/aromatic N) is 6. The maximum Gasteiger partial charge on any atom is 0.416 e. The molecule has 3 aromatic heterocycles. The topological polar surface area (TPSA) is 76.8 Å². The summed E-state index contributed by atoms with van der Waals surface area (Å²) in [6.45, 7) is 3.42. The molecule has 2 aliphatic rings. The lowest BCUT2D eigenvalue weighted by Gasteiger charge is -2.53. The van der Waals surface area contributed by atoms with Crippen LogP contribution < -0.4 is 0 Å². The van der Waals surface area contributed by atoms with Crippen LogP contribution in [0.3, 0.4) is 0 Å². The van der Waals surface area contributed by atoms with Gasteiger partial charge >= 0.3 is 6.18 Å². The summed E-state index contributed by atoms with van der Waals surface area (Å²) < 4.78 is 41.4. The van der Waals surface area contributed by atoms with Crippen LogP contribution in [0.25, 0.3) is 22.0 Å². The minimum absolute atomic E-state index is 0.358. The van der Waals surface area contributed by atoms with Crippen molar-refractivity contribution in [3.63, 3.8) is 0 Å². The zero-order valence-corrected chi connectivity index (χ0v) is 21.9. The summed E-state index contributed by atoms with van der Waals surface area (Å²) >= 11 is 6.22. The molecule has 1 N–H and O–H groups in total. The Kier molecular flexibility index (Phi) is 6.61. The maximum absolute atomic E-state index is 13.1. The van der Waals surface area contributed by atoms with Gasteiger partial charge in [-0.1, -0.05) is 11.6 Å². The van der Waals surface area contributed by atoms with Crippen LogP contribution in [-0.4, -0.2) is 61.8 Å². The molecule has 6 rings (SSSR count). The van der Waals surface area contributed by atoms with E-state index in [4.69, 9.17) is 11.6 Å².